The molecule has 1 saturated heterocycles. The van der Waals surface area contributed by atoms with Gasteiger partial charge in [0.2, 0.25) is 10.0 Å². The van der Waals surface area contributed by atoms with E-state index in [4.69, 9.17) is 4.74 Å². The minimum atomic E-state index is -3.50. The maximum Gasteiger partial charge on any atom is 0.240 e. The number of nitrogens with one attached hydrogen (secondary N) is 1. The van der Waals surface area contributed by atoms with Crippen LogP contribution in [0.15, 0.2) is 83.8 Å². The molecule has 2 bridgehead atoms. The topological polar surface area (TPSA) is 58.6 Å². The molecule has 0 amide bonds. The molecule has 0 radical (unpaired) electrons. The van der Waals surface area contributed by atoms with E-state index in [0.717, 1.165) is 38.0 Å². The van der Waals surface area contributed by atoms with Gasteiger partial charge >= 0.3 is 0 Å². The van der Waals surface area contributed by atoms with Crippen LogP contribution in [-0.2, 0) is 26.9 Å². The maximum atomic E-state index is 12.4. The molecule has 0 spiro atoms. The largest absolute Gasteiger partial charge is 0.373 e. The summed E-state index contributed by atoms with van der Waals surface area (Å²) in [7, 11) is -0.273. The molecular weight excluding hydrogens is 444 g/mol. The zero-order valence-corrected chi connectivity index (χ0v) is 20.6. The molecule has 6 heteroatoms. The van der Waals surface area contributed by atoms with Gasteiger partial charge in [0.05, 0.1) is 4.90 Å². The van der Waals surface area contributed by atoms with Gasteiger partial charge in [-0.3, -0.25) is 4.90 Å². The number of benzene rings is 3. The summed E-state index contributed by atoms with van der Waals surface area (Å²) in [6.07, 6.45) is 2.18. The Kier molecular flexibility index (Phi) is 6.34. The van der Waals surface area contributed by atoms with Crippen LogP contribution in [0.4, 0.5) is 0 Å². The molecule has 2 fully saturated rings. The van der Waals surface area contributed by atoms with Crippen molar-refractivity contribution in [3.05, 3.63) is 90.0 Å². The van der Waals surface area contributed by atoms with Gasteiger partial charge in [-0.25, -0.2) is 13.1 Å². The Morgan fingerprint density at radius 3 is 2.18 bits per heavy atom. The predicted octanol–water partition coefficient (Wildman–Crippen LogP) is 4.65. The van der Waals surface area contributed by atoms with E-state index in [-0.39, 0.29) is 0 Å². The molecule has 2 unspecified atom stereocenters. The molecule has 1 heterocycles. The normalized spacial score (nSPS) is 24.9. The highest BCUT2D eigenvalue weighted by atomic mass is 32.2. The molecule has 2 atom stereocenters. The van der Waals surface area contributed by atoms with Crippen LogP contribution in [0, 0.1) is 11.8 Å². The van der Waals surface area contributed by atoms with Gasteiger partial charge in [-0.1, -0.05) is 66.7 Å². The lowest BCUT2D eigenvalue weighted by atomic mass is 9.75. The van der Waals surface area contributed by atoms with Crippen molar-refractivity contribution in [3.63, 3.8) is 0 Å². The predicted molar refractivity (Wildman–Crippen MR) is 135 cm³/mol. The van der Waals surface area contributed by atoms with Gasteiger partial charge in [-0.05, 0) is 54.3 Å². The van der Waals surface area contributed by atoms with Crippen molar-refractivity contribution in [2.24, 2.45) is 11.8 Å². The van der Waals surface area contributed by atoms with Gasteiger partial charge in [0.25, 0.3) is 0 Å². The zero-order valence-electron chi connectivity index (χ0n) is 19.8. The highest BCUT2D eigenvalue weighted by Gasteiger charge is 2.55. The monoisotopic (exact) mass is 476 g/mol. The first-order chi connectivity index (χ1) is 16.5. The van der Waals surface area contributed by atoms with Crippen molar-refractivity contribution in [1.29, 1.82) is 0 Å². The first kappa shape index (κ1) is 23.2. The third-order valence-electron chi connectivity index (χ3n) is 7.70. The number of fused-ring (bicyclic) bond motifs is 2. The van der Waals surface area contributed by atoms with Crippen LogP contribution >= 0.6 is 0 Å². The van der Waals surface area contributed by atoms with Crippen LogP contribution in [-0.4, -0.2) is 40.6 Å². The number of piperidine rings is 1. The number of rotatable bonds is 7. The fourth-order valence-electron chi connectivity index (χ4n) is 6.08. The molecule has 1 N–H and O–H groups in total. The van der Waals surface area contributed by atoms with Crippen molar-refractivity contribution in [1.82, 2.24) is 9.62 Å². The molecule has 34 heavy (non-hydrogen) atoms. The molecule has 0 aromatic heterocycles. The average Bonchev–Trinajstić information content (AvgIpc) is 3.08. The fourth-order valence-corrected chi connectivity index (χ4v) is 6.86. The van der Waals surface area contributed by atoms with Gasteiger partial charge < -0.3 is 4.74 Å². The van der Waals surface area contributed by atoms with E-state index in [1.807, 2.05) is 18.2 Å². The summed E-state index contributed by atoms with van der Waals surface area (Å²) >= 11 is 0. The summed E-state index contributed by atoms with van der Waals surface area (Å²) in [5, 5.41) is 0. The Morgan fingerprint density at radius 2 is 1.56 bits per heavy atom. The minimum Gasteiger partial charge on any atom is -0.373 e. The lowest BCUT2D eigenvalue weighted by molar-refractivity contribution is -0.120. The van der Waals surface area contributed by atoms with Crippen molar-refractivity contribution in [3.8, 4) is 11.1 Å². The van der Waals surface area contributed by atoms with Crippen LogP contribution in [0.5, 0.6) is 0 Å². The third kappa shape index (κ3) is 4.09. The van der Waals surface area contributed by atoms with E-state index in [0.29, 0.717) is 16.7 Å². The highest BCUT2D eigenvalue weighted by molar-refractivity contribution is 7.89. The van der Waals surface area contributed by atoms with Crippen LogP contribution in [0.2, 0.25) is 0 Å². The first-order valence-electron chi connectivity index (χ1n) is 11.9. The van der Waals surface area contributed by atoms with E-state index in [1.165, 1.54) is 23.7 Å². The molecule has 5 rings (SSSR count). The Balaban J connectivity index is 1.35. The molecule has 2 aliphatic rings. The van der Waals surface area contributed by atoms with Gasteiger partial charge in [0.1, 0.15) is 5.60 Å². The van der Waals surface area contributed by atoms with Crippen molar-refractivity contribution in [2.45, 2.75) is 29.9 Å². The lowest BCUT2D eigenvalue weighted by Gasteiger charge is -2.47. The highest BCUT2D eigenvalue weighted by Crippen LogP contribution is 2.54. The molecule has 178 valence electrons. The standard InChI is InChI=1S/C28H32N2O3S/c1-29-34(31,32)27-10-6-9-24(17-27)28(33-2)25-15-16-26(28)20-30(19-25)18-21-11-13-23(14-12-21)22-7-4-3-5-8-22/h3-14,17,25-26,29H,15-16,18-20H2,1-2H3. The van der Waals surface area contributed by atoms with Gasteiger partial charge in [-0.2, -0.15) is 0 Å². The molecular formula is C28H32N2O3S. The first-order valence-corrected chi connectivity index (χ1v) is 13.4. The number of nitrogens with zero attached hydrogens (tertiary/aromatic N) is 1. The second-order valence-electron chi connectivity index (χ2n) is 9.46. The Morgan fingerprint density at radius 1 is 0.912 bits per heavy atom. The van der Waals surface area contributed by atoms with E-state index in [9.17, 15) is 8.42 Å². The van der Waals surface area contributed by atoms with Crippen LogP contribution in [0.1, 0.15) is 24.0 Å². The van der Waals surface area contributed by atoms with E-state index in [2.05, 4.69) is 58.2 Å². The van der Waals surface area contributed by atoms with Gasteiger partial charge in [0, 0.05) is 38.6 Å². The summed E-state index contributed by atoms with van der Waals surface area (Å²) in [6, 6.07) is 26.6. The smallest absolute Gasteiger partial charge is 0.240 e. The summed E-state index contributed by atoms with van der Waals surface area (Å²) < 4.78 is 33.5. The lowest BCUT2D eigenvalue weighted by Crippen LogP contribution is -2.52. The molecule has 1 aliphatic carbocycles. The van der Waals surface area contributed by atoms with Gasteiger partial charge in [-0.15, -0.1) is 0 Å². The number of likely N-dealkylation sites (tertiary alicyclic amines) is 1. The number of hydrogen-bond donors (Lipinski definition) is 1. The summed E-state index contributed by atoms with van der Waals surface area (Å²) in [6.45, 7) is 2.79. The number of methoxy groups -OCH3 is 1. The third-order valence-corrected chi connectivity index (χ3v) is 9.11. The van der Waals surface area contributed by atoms with Gasteiger partial charge in [0.15, 0.2) is 0 Å². The fraction of sp³-hybridized carbons (Fsp3) is 0.357. The molecule has 1 aliphatic heterocycles. The van der Waals surface area contributed by atoms with E-state index >= 15 is 0 Å². The second kappa shape index (κ2) is 9.27. The van der Waals surface area contributed by atoms with E-state index in [1.54, 1.807) is 19.2 Å². The number of ether oxygens (including phenoxy) is 1. The quantitative estimate of drug-likeness (QED) is 0.540. The SMILES string of the molecule is CNS(=O)(=O)c1cccc(C2(OC)C3CCC2CN(Cc2ccc(-c4ccccc4)cc2)C3)c1. The van der Waals surface area contributed by atoms with E-state index < -0.39 is 15.6 Å². The summed E-state index contributed by atoms with van der Waals surface area (Å²) in [5.41, 5.74) is 4.32. The Labute approximate surface area is 202 Å². The maximum absolute atomic E-state index is 12.4. The van der Waals surface area contributed by atoms with Crippen molar-refractivity contribution >= 4 is 10.0 Å². The Hall–Kier alpha value is -2.51. The second-order valence-corrected chi connectivity index (χ2v) is 11.3. The van der Waals surface area contributed by atoms with Crippen molar-refractivity contribution in [2.75, 3.05) is 27.2 Å². The van der Waals surface area contributed by atoms with Crippen LogP contribution in [0.3, 0.4) is 0 Å². The molecule has 1 saturated carbocycles. The number of sulfonamides is 1. The molecule has 3 aromatic rings. The van der Waals surface area contributed by atoms with Crippen LogP contribution in [0.25, 0.3) is 11.1 Å². The summed E-state index contributed by atoms with van der Waals surface area (Å²) in [4.78, 5) is 2.83. The molecule has 3 aromatic carbocycles. The minimum absolute atomic E-state index is 0.296. The van der Waals surface area contributed by atoms with Crippen molar-refractivity contribution < 1.29 is 13.2 Å². The van der Waals surface area contributed by atoms with Crippen LogP contribution < -0.4 is 4.72 Å². The number of hydrogen-bond acceptors (Lipinski definition) is 4. The summed E-state index contributed by atoms with van der Waals surface area (Å²) in [5.74, 6) is 0.653. The zero-order chi connectivity index (χ0) is 23.8. The Bertz CT molecular complexity index is 1230. The molecule has 5 nitrogen and oxygen atoms in total. The average molecular weight is 477 g/mol.